The number of anilines is 1. The van der Waals surface area contributed by atoms with Gasteiger partial charge in [0.05, 0.1) is 0 Å². The largest absolute Gasteiger partial charge is 0.360 e. The molecule has 0 saturated carbocycles. The standard InChI is InChI=1S/C28H33ClN4O4/c1-18-10-12-20(13-11-18)17-33(25(35)15-14-24(34)30-23-16-19(2)37-32-23)26(27(36)31-28(3,4)5)21-8-6-7-9-22(21)29/h6-13,16,26H,14-15,17H2,1-5H3,(H,31,36)(H,30,32,34)/t26-/m0/s1. The quantitative estimate of drug-likeness (QED) is 0.392. The van der Waals surface area contributed by atoms with Crippen molar-refractivity contribution in [2.24, 2.45) is 0 Å². The van der Waals surface area contributed by atoms with Gasteiger partial charge in [0.15, 0.2) is 5.82 Å². The molecule has 3 aromatic rings. The van der Waals surface area contributed by atoms with Gasteiger partial charge in [-0.3, -0.25) is 14.4 Å². The van der Waals surface area contributed by atoms with Gasteiger partial charge in [-0.1, -0.05) is 64.8 Å². The fourth-order valence-electron chi connectivity index (χ4n) is 3.79. The number of amides is 3. The van der Waals surface area contributed by atoms with E-state index in [2.05, 4.69) is 15.8 Å². The molecular formula is C28H33ClN4O4. The van der Waals surface area contributed by atoms with Crippen LogP contribution < -0.4 is 10.6 Å². The molecule has 0 saturated heterocycles. The Bertz CT molecular complexity index is 1250. The Balaban J connectivity index is 1.92. The number of nitrogens with one attached hydrogen (secondary N) is 2. The molecule has 0 unspecified atom stereocenters. The maximum atomic E-state index is 13.7. The van der Waals surface area contributed by atoms with Crippen LogP contribution in [0.25, 0.3) is 0 Å². The summed E-state index contributed by atoms with van der Waals surface area (Å²) in [6.07, 6.45) is -0.205. The molecule has 1 atom stereocenters. The summed E-state index contributed by atoms with van der Waals surface area (Å²) in [6.45, 7) is 9.47. The second kappa shape index (κ2) is 12.1. The molecule has 3 rings (SSSR count). The number of carbonyl (C=O) groups excluding carboxylic acids is 3. The van der Waals surface area contributed by atoms with Crippen LogP contribution in [0, 0.1) is 13.8 Å². The van der Waals surface area contributed by atoms with Crippen LogP contribution in [0.1, 0.15) is 62.1 Å². The van der Waals surface area contributed by atoms with Gasteiger partial charge in [-0.05, 0) is 46.2 Å². The summed E-state index contributed by atoms with van der Waals surface area (Å²) in [7, 11) is 0. The molecule has 2 N–H and O–H groups in total. The Morgan fingerprint density at radius 2 is 1.70 bits per heavy atom. The van der Waals surface area contributed by atoms with Crippen molar-refractivity contribution in [2.75, 3.05) is 5.32 Å². The summed E-state index contributed by atoms with van der Waals surface area (Å²) >= 11 is 6.53. The summed E-state index contributed by atoms with van der Waals surface area (Å²) in [5.41, 5.74) is 1.90. The number of carbonyl (C=O) groups is 3. The number of nitrogens with zero attached hydrogens (tertiary/aromatic N) is 2. The third kappa shape index (κ3) is 8.18. The van der Waals surface area contributed by atoms with Gasteiger partial charge >= 0.3 is 0 Å². The lowest BCUT2D eigenvalue weighted by molar-refractivity contribution is -0.142. The van der Waals surface area contributed by atoms with Crippen molar-refractivity contribution in [3.05, 3.63) is 82.1 Å². The van der Waals surface area contributed by atoms with E-state index in [1.54, 1.807) is 37.3 Å². The third-order valence-electron chi connectivity index (χ3n) is 5.51. The molecule has 8 nitrogen and oxygen atoms in total. The zero-order valence-electron chi connectivity index (χ0n) is 21.8. The van der Waals surface area contributed by atoms with Crippen LogP contribution in [0.3, 0.4) is 0 Å². The first kappa shape index (κ1) is 27.9. The average molecular weight is 525 g/mol. The van der Waals surface area contributed by atoms with E-state index in [4.69, 9.17) is 16.1 Å². The summed E-state index contributed by atoms with van der Waals surface area (Å²) in [5, 5.41) is 9.73. The zero-order chi connectivity index (χ0) is 27.2. The van der Waals surface area contributed by atoms with E-state index in [0.29, 0.717) is 16.3 Å². The van der Waals surface area contributed by atoms with Crippen molar-refractivity contribution in [1.29, 1.82) is 0 Å². The van der Waals surface area contributed by atoms with Crippen molar-refractivity contribution < 1.29 is 18.9 Å². The highest BCUT2D eigenvalue weighted by molar-refractivity contribution is 6.31. The molecule has 37 heavy (non-hydrogen) atoms. The fourth-order valence-corrected chi connectivity index (χ4v) is 4.03. The third-order valence-corrected chi connectivity index (χ3v) is 5.86. The van der Waals surface area contributed by atoms with E-state index in [9.17, 15) is 14.4 Å². The normalized spacial score (nSPS) is 12.1. The first-order chi connectivity index (χ1) is 17.4. The van der Waals surface area contributed by atoms with Crippen LogP contribution in [0.15, 0.2) is 59.1 Å². The Kier molecular flexibility index (Phi) is 9.10. The van der Waals surface area contributed by atoms with E-state index < -0.39 is 11.6 Å². The number of hydrogen-bond acceptors (Lipinski definition) is 5. The summed E-state index contributed by atoms with van der Waals surface area (Å²) < 4.78 is 4.96. The van der Waals surface area contributed by atoms with Crippen LogP contribution in [0.4, 0.5) is 5.82 Å². The van der Waals surface area contributed by atoms with Crippen molar-refractivity contribution in [1.82, 2.24) is 15.4 Å². The molecule has 0 bridgehead atoms. The van der Waals surface area contributed by atoms with Crippen molar-refractivity contribution in [3.8, 4) is 0 Å². The van der Waals surface area contributed by atoms with Gasteiger partial charge in [0.25, 0.3) is 0 Å². The van der Waals surface area contributed by atoms with Crippen molar-refractivity contribution in [3.63, 3.8) is 0 Å². The van der Waals surface area contributed by atoms with Crippen LogP contribution >= 0.6 is 11.6 Å². The molecule has 196 valence electrons. The molecule has 0 aliphatic heterocycles. The first-order valence-corrected chi connectivity index (χ1v) is 12.5. The lowest BCUT2D eigenvalue weighted by Gasteiger charge is -2.34. The van der Waals surface area contributed by atoms with Gasteiger partial charge in [-0.25, -0.2) is 0 Å². The second-order valence-electron chi connectivity index (χ2n) is 10.0. The van der Waals surface area contributed by atoms with E-state index in [0.717, 1.165) is 11.1 Å². The molecule has 9 heteroatoms. The van der Waals surface area contributed by atoms with Crippen molar-refractivity contribution >= 4 is 35.1 Å². The fraction of sp³-hybridized carbons (Fsp3) is 0.357. The summed E-state index contributed by atoms with van der Waals surface area (Å²) in [6, 6.07) is 15.3. The second-order valence-corrected chi connectivity index (χ2v) is 10.4. The Hall–Kier alpha value is -3.65. The molecule has 0 radical (unpaired) electrons. The monoisotopic (exact) mass is 524 g/mol. The minimum atomic E-state index is -0.997. The highest BCUT2D eigenvalue weighted by Gasteiger charge is 2.34. The molecular weight excluding hydrogens is 492 g/mol. The topological polar surface area (TPSA) is 105 Å². The summed E-state index contributed by atoms with van der Waals surface area (Å²) in [5.74, 6) is -0.261. The Morgan fingerprint density at radius 1 is 1.03 bits per heavy atom. The highest BCUT2D eigenvalue weighted by Crippen LogP contribution is 2.31. The zero-order valence-corrected chi connectivity index (χ0v) is 22.6. The van der Waals surface area contributed by atoms with E-state index in [-0.39, 0.29) is 42.9 Å². The van der Waals surface area contributed by atoms with Gasteiger partial charge in [0, 0.05) is 41.6 Å². The average Bonchev–Trinajstić information content (AvgIpc) is 3.22. The lowest BCUT2D eigenvalue weighted by Crippen LogP contribution is -2.49. The van der Waals surface area contributed by atoms with Crippen LogP contribution in [-0.2, 0) is 20.9 Å². The van der Waals surface area contributed by atoms with Gasteiger partial charge in [0.2, 0.25) is 17.7 Å². The molecule has 1 aromatic heterocycles. The van der Waals surface area contributed by atoms with Gasteiger partial charge in [-0.15, -0.1) is 0 Å². The van der Waals surface area contributed by atoms with Crippen molar-refractivity contribution in [2.45, 2.75) is 65.6 Å². The van der Waals surface area contributed by atoms with E-state index in [1.165, 1.54) is 4.90 Å². The van der Waals surface area contributed by atoms with Crippen LogP contribution in [0.2, 0.25) is 5.02 Å². The molecule has 0 spiro atoms. The predicted molar refractivity (Wildman–Crippen MR) is 143 cm³/mol. The minimum Gasteiger partial charge on any atom is -0.360 e. The molecule has 0 fully saturated rings. The molecule has 3 amide bonds. The number of halogens is 1. The van der Waals surface area contributed by atoms with E-state index >= 15 is 0 Å². The molecule has 0 aliphatic carbocycles. The van der Waals surface area contributed by atoms with Crippen LogP contribution in [0.5, 0.6) is 0 Å². The maximum Gasteiger partial charge on any atom is 0.247 e. The predicted octanol–water partition coefficient (Wildman–Crippen LogP) is 5.35. The molecule has 0 aliphatic rings. The molecule has 2 aromatic carbocycles. The smallest absolute Gasteiger partial charge is 0.247 e. The Morgan fingerprint density at radius 3 is 2.30 bits per heavy atom. The molecule has 1 heterocycles. The van der Waals surface area contributed by atoms with Gasteiger partial charge < -0.3 is 20.1 Å². The minimum absolute atomic E-state index is 0.0920. The number of rotatable bonds is 9. The number of hydrogen-bond donors (Lipinski definition) is 2. The van der Waals surface area contributed by atoms with Gasteiger partial charge in [0.1, 0.15) is 11.8 Å². The SMILES string of the molecule is Cc1ccc(CN(C(=O)CCC(=O)Nc2cc(C)on2)[C@H](C(=O)NC(C)(C)C)c2ccccc2Cl)cc1. The maximum absolute atomic E-state index is 13.7. The Labute approximate surface area is 222 Å². The first-order valence-electron chi connectivity index (χ1n) is 12.1. The number of benzene rings is 2. The lowest BCUT2D eigenvalue weighted by atomic mass is 10.00. The van der Waals surface area contributed by atoms with Gasteiger partial charge in [-0.2, -0.15) is 0 Å². The highest BCUT2D eigenvalue weighted by atomic mass is 35.5. The number of aryl methyl sites for hydroxylation is 2. The van der Waals surface area contributed by atoms with E-state index in [1.807, 2.05) is 52.0 Å². The number of aromatic nitrogens is 1. The summed E-state index contributed by atoms with van der Waals surface area (Å²) in [4.78, 5) is 41.3. The van der Waals surface area contributed by atoms with Crippen LogP contribution in [-0.4, -0.2) is 33.3 Å².